The van der Waals surface area contributed by atoms with Crippen LogP contribution < -0.4 is 4.74 Å². The Balaban J connectivity index is 1.81. The minimum Gasteiger partial charge on any atom is -0.497 e. The van der Waals surface area contributed by atoms with Crippen LogP contribution in [-0.4, -0.2) is 33.4 Å². The molecule has 3 rings (SSSR count). The molecule has 0 atom stereocenters. The van der Waals surface area contributed by atoms with Crippen molar-refractivity contribution in [2.24, 2.45) is 5.92 Å². The standard InChI is InChI=1S/C21H22ClN3O2S/c1-14(2)12-25-20(16-6-10-18(27-3)11-7-16)23-24-21(25)28-13-19(26)15-4-8-17(22)9-5-15/h4-11,14H,12-13H2,1-3H3. The number of nitrogens with zero attached hydrogens (tertiary/aromatic N) is 3. The summed E-state index contributed by atoms with van der Waals surface area (Å²) >= 11 is 7.29. The van der Waals surface area contributed by atoms with E-state index in [1.807, 2.05) is 24.3 Å². The van der Waals surface area contributed by atoms with Gasteiger partial charge in [0.15, 0.2) is 16.8 Å². The van der Waals surface area contributed by atoms with Crippen LogP contribution in [0.1, 0.15) is 24.2 Å². The average Bonchev–Trinajstić information content (AvgIpc) is 3.08. The number of benzene rings is 2. The van der Waals surface area contributed by atoms with Gasteiger partial charge in [-0.2, -0.15) is 0 Å². The molecule has 5 nitrogen and oxygen atoms in total. The number of rotatable bonds is 8. The van der Waals surface area contributed by atoms with E-state index in [0.717, 1.165) is 28.8 Å². The van der Waals surface area contributed by atoms with Gasteiger partial charge in [-0.05, 0) is 54.4 Å². The molecule has 1 heterocycles. The van der Waals surface area contributed by atoms with Crippen molar-refractivity contribution in [3.05, 3.63) is 59.1 Å². The fraction of sp³-hybridized carbons (Fsp3) is 0.286. The van der Waals surface area contributed by atoms with Gasteiger partial charge in [-0.3, -0.25) is 4.79 Å². The van der Waals surface area contributed by atoms with Gasteiger partial charge in [0.1, 0.15) is 5.75 Å². The van der Waals surface area contributed by atoms with E-state index >= 15 is 0 Å². The lowest BCUT2D eigenvalue weighted by Gasteiger charge is -2.12. The third-order valence-corrected chi connectivity index (χ3v) is 5.33. The molecule has 0 aliphatic heterocycles. The Morgan fingerprint density at radius 3 is 2.39 bits per heavy atom. The topological polar surface area (TPSA) is 57.0 Å². The maximum Gasteiger partial charge on any atom is 0.191 e. The molecule has 1 aromatic heterocycles. The van der Waals surface area contributed by atoms with Crippen LogP contribution in [0.15, 0.2) is 53.7 Å². The highest BCUT2D eigenvalue weighted by atomic mass is 35.5. The summed E-state index contributed by atoms with van der Waals surface area (Å²) in [4.78, 5) is 12.5. The van der Waals surface area contributed by atoms with Gasteiger partial charge in [0.05, 0.1) is 12.9 Å². The lowest BCUT2D eigenvalue weighted by molar-refractivity contribution is 0.102. The van der Waals surface area contributed by atoms with E-state index in [4.69, 9.17) is 16.3 Å². The first-order valence-electron chi connectivity index (χ1n) is 8.97. The molecule has 0 bridgehead atoms. The summed E-state index contributed by atoms with van der Waals surface area (Å²) in [5, 5.41) is 10.1. The maximum atomic E-state index is 12.5. The van der Waals surface area contributed by atoms with Crippen LogP contribution in [0.3, 0.4) is 0 Å². The number of aromatic nitrogens is 3. The zero-order valence-corrected chi connectivity index (χ0v) is 17.6. The number of Topliss-reactive ketones (excluding diaryl/α,β-unsaturated/α-hetero) is 1. The molecular formula is C21H22ClN3O2S. The van der Waals surface area contributed by atoms with E-state index in [2.05, 4.69) is 28.6 Å². The third-order valence-electron chi connectivity index (χ3n) is 4.11. The van der Waals surface area contributed by atoms with Crippen molar-refractivity contribution < 1.29 is 9.53 Å². The molecule has 146 valence electrons. The Kier molecular flexibility index (Phi) is 6.75. The van der Waals surface area contributed by atoms with Crippen LogP contribution in [0, 0.1) is 5.92 Å². The molecule has 0 aliphatic carbocycles. The minimum atomic E-state index is 0.0340. The summed E-state index contributed by atoms with van der Waals surface area (Å²) in [5.74, 6) is 2.33. The Labute approximate surface area is 174 Å². The number of methoxy groups -OCH3 is 1. The second-order valence-electron chi connectivity index (χ2n) is 6.76. The van der Waals surface area contributed by atoms with Crippen molar-refractivity contribution in [2.75, 3.05) is 12.9 Å². The highest BCUT2D eigenvalue weighted by Crippen LogP contribution is 2.27. The highest BCUT2D eigenvalue weighted by Gasteiger charge is 2.17. The first-order chi connectivity index (χ1) is 13.5. The van der Waals surface area contributed by atoms with E-state index < -0.39 is 0 Å². The molecule has 0 fully saturated rings. The van der Waals surface area contributed by atoms with E-state index in [-0.39, 0.29) is 5.78 Å². The van der Waals surface area contributed by atoms with Crippen molar-refractivity contribution in [2.45, 2.75) is 25.5 Å². The van der Waals surface area contributed by atoms with E-state index in [0.29, 0.717) is 22.3 Å². The number of hydrogen-bond donors (Lipinski definition) is 0. The fourth-order valence-electron chi connectivity index (χ4n) is 2.73. The largest absolute Gasteiger partial charge is 0.497 e. The first kappa shape index (κ1) is 20.4. The van der Waals surface area contributed by atoms with Crippen LogP contribution in [0.4, 0.5) is 0 Å². The zero-order chi connectivity index (χ0) is 20.1. The second-order valence-corrected chi connectivity index (χ2v) is 8.14. The third kappa shape index (κ3) is 4.94. The van der Waals surface area contributed by atoms with E-state index in [1.165, 1.54) is 11.8 Å². The molecule has 0 radical (unpaired) electrons. The van der Waals surface area contributed by atoms with E-state index in [9.17, 15) is 4.79 Å². The molecule has 0 N–H and O–H groups in total. The normalized spacial score (nSPS) is 11.0. The maximum absolute atomic E-state index is 12.5. The number of hydrogen-bond acceptors (Lipinski definition) is 5. The van der Waals surface area contributed by atoms with Gasteiger partial charge in [-0.15, -0.1) is 10.2 Å². The number of halogens is 1. The Bertz CT molecular complexity index is 937. The highest BCUT2D eigenvalue weighted by molar-refractivity contribution is 7.99. The first-order valence-corrected chi connectivity index (χ1v) is 10.3. The van der Waals surface area contributed by atoms with Crippen molar-refractivity contribution in [1.82, 2.24) is 14.8 Å². The monoisotopic (exact) mass is 415 g/mol. The molecule has 0 amide bonds. The number of carbonyl (C=O) groups excluding carboxylic acids is 1. The van der Waals surface area contributed by atoms with Gasteiger partial charge in [-0.1, -0.05) is 37.2 Å². The van der Waals surface area contributed by atoms with Gasteiger partial charge in [0.2, 0.25) is 0 Å². The van der Waals surface area contributed by atoms with E-state index in [1.54, 1.807) is 31.4 Å². The minimum absolute atomic E-state index is 0.0340. The molecular weight excluding hydrogens is 394 g/mol. The molecule has 3 aromatic rings. The molecule has 2 aromatic carbocycles. The van der Waals surface area contributed by atoms with Crippen molar-refractivity contribution in [1.29, 1.82) is 0 Å². The molecule has 28 heavy (non-hydrogen) atoms. The van der Waals surface area contributed by atoms with Crippen LogP contribution in [0.2, 0.25) is 5.02 Å². The number of ketones is 1. The quantitative estimate of drug-likeness (QED) is 0.372. The van der Waals surface area contributed by atoms with Crippen molar-refractivity contribution in [3.8, 4) is 17.1 Å². The van der Waals surface area contributed by atoms with Crippen LogP contribution >= 0.6 is 23.4 Å². The van der Waals surface area contributed by atoms with Crippen molar-refractivity contribution in [3.63, 3.8) is 0 Å². The molecule has 0 saturated heterocycles. The number of ether oxygens (including phenoxy) is 1. The molecule has 7 heteroatoms. The predicted octanol–water partition coefficient (Wildman–Crippen LogP) is 5.24. The fourth-order valence-corrected chi connectivity index (χ4v) is 3.70. The summed E-state index contributed by atoms with van der Waals surface area (Å²) in [6.07, 6.45) is 0. The van der Waals surface area contributed by atoms with Crippen LogP contribution in [0.5, 0.6) is 5.75 Å². The second kappa shape index (κ2) is 9.26. The Morgan fingerprint density at radius 2 is 1.79 bits per heavy atom. The van der Waals surface area contributed by atoms with Crippen molar-refractivity contribution >= 4 is 29.1 Å². The lowest BCUT2D eigenvalue weighted by atomic mass is 10.1. The smallest absolute Gasteiger partial charge is 0.191 e. The summed E-state index contributed by atoms with van der Waals surface area (Å²) in [7, 11) is 1.64. The van der Waals surface area contributed by atoms with Gasteiger partial charge in [0.25, 0.3) is 0 Å². The summed E-state index contributed by atoms with van der Waals surface area (Å²) in [6.45, 7) is 5.06. The van der Waals surface area contributed by atoms with Gasteiger partial charge in [-0.25, -0.2) is 0 Å². The summed E-state index contributed by atoms with van der Waals surface area (Å²) < 4.78 is 7.30. The Hall–Kier alpha value is -2.31. The Morgan fingerprint density at radius 1 is 1.11 bits per heavy atom. The number of carbonyl (C=O) groups is 1. The van der Waals surface area contributed by atoms with Gasteiger partial charge in [0, 0.05) is 22.7 Å². The zero-order valence-electron chi connectivity index (χ0n) is 16.1. The van der Waals surface area contributed by atoms with Crippen LogP contribution in [-0.2, 0) is 6.54 Å². The molecule has 0 spiro atoms. The van der Waals surface area contributed by atoms with Gasteiger partial charge >= 0.3 is 0 Å². The lowest BCUT2D eigenvalue weighted by Crippen LogP contribution is -2.09. The SMILES string of the molecule is COc1ccc(-c2nnc(SCC(=O)c3ccc(Cl)cc3)n2CC(C)C)cc1. The molecule has 0 unspecified atom stereocenters. The summed E-state index contributed by atoms with van der Waals surface area (Å²) in [6, 6.07) is 14.7. The molecule has 0 saturated carbocycles. The average molecular weight is 416 g/mol. The predicted molar refractivity (Wildman–Crippen MR) is 113 cm³/mol. The molecule has 0 aliphatic rings. The van der Waals surface area contributed by atoms with Crippen LogP contribution in [0.25, 0.3) is 11.4 Å². The van der Waals surface area contributed by atoms with Gasteiger partial charge < -0.3 is 9.30 Å². The number of thioether (sulfide) groups is 1. The summed E-state index contributed by atoms with van der Waals surface area (Å²) in [5.41, 5.74) is 1.60.